The first-order valence-corrected chi connectivity index (χ1v) is 28.1. The average molecular weight is 871 g/mol. The Hall–Kier alpha value is -5.76. The molecule has 326 valence electrons. The molecule has 0 radical (unpaired) electrons. The van der Waals surface area contributed by atoms with Gasteiger partial charge in [0.15, 0.2) is 0 Å². The molecule has 1 heterocycles. The van der Waals surface area contributed by atoms with E-state index in [4.69, 9.17) is 0 Å². The Balaban J connectivity index is 0.973. The molecular weight excluding hydrogens is 809 g/mol. The maximum absolute atomic E-state index is 2.79. The van der Waals surface area contributed by atoms with Gasteiger partial charge in [0.25, 0.3) is 0 Å². The lowest BCUT2D eigenvalue weighted by molar-refractivity contribution is 0.404. The minimum atomic E-state index is -1.98. The summed E-state index contributed by atoms with van der Waals surface area (Å²) in [5.74, 6) is 2.16. The van der Waals surface area contributed by atoms with Crippen molar-refractivity contribution in [2.75, 3.05) is 0 Å². The summed E-state index contributed by atoms with van der Waals surface area (Å²) in [4.78, 5) is 0. The van der Waals surface area contributed by atoms with E-state index in [0.717, 1.165) is 12.8 Å². The molecule has 1 aliphatic heterocycles. The van der Waals surface area contributed by atoms with Crippen LogP contribution in [0.1, 0.15) is 111 Å². The van der Waals surface area contributed by atoms with Crippen LogP contribution in [0.3, 0.4) is 0 Å². The second kappa shape index (κ2) is 14.1. The van der Waals surface area contributed by atoms with E-state index in [2.05, 4.69) is 212 Å². The summed E-state index contributed by atoms with van der Waals surface area (Å²) in [6.45, 7) is 17.7. The van der Waals surface area contributed by atoms with E-state index in [1.165, 1.54) is 96.8 Å². The lowest BCUT2D eigenvalue weighted by Crippen LogP contribution is -2.33. The predicted octanol–water partition coefficient (Wildman–Crippen LogP) is 16.8. The molecule has 0 saturated heterocycles. The van der Waals surface area contributed by atoms with Gasteiger partial charge in [0, 0.05) is 28.1 Å². The first-order chi connectivity index (χ1) is 31.9. The zero-order valence-electron chi connectivity index (χ0n) is 39.9. The second-order valence-electron chi connectivity index (χ2n) is 22.8. The minimum Gasteiger partial charge on any atom is -0.0842 e. The number of hydrogen-bond acceptors (Lipinski definition) is 0. The number of hydrogen-bond donors (Lipinski definition) is 0. The van der Waals surface area contributed by atoms with Gasteiger partial charge in [0.1, 0.15) is 8.07 Å². The zero-order valence-corrected chi connectivity index (χ0v) is 40.9. The number of allylic oxidation sites excluding steroid dienone is 11. The molecule has 66 heavy (non-hydrogen) atoms. The fourth-order valence-corrected chi connectivity index (χ4v) is 18.6. The molecule has 0 bridgehead atoms. The van der Waals surface area contributed by atoms with Gasteiger partial charge in [-0.15, -0.1) is 0 Å². The summed E-state index contributed by atoms with van der Waals surface area (Å²) in [6, 6.07) is 46.5. The maximum atomic E-state index is 2.79. The van der Waals surface area contributed by atoms with E-state index in [9.17, 15) is 0 Å². The third-order valence-corrected chi connectivity index (χ3v) is 22.4. The molecule has 13 rings (SSSR count). The molecule has 6 aromatic carbocycles. The molecule has 0 aromatic heterocycles. The van der Waals surface area contributed by atoms with Crippen molar-refractivity contribution in [2.24, 2.45) is 17.8 Å². The van der Waals surface area contributed by atoms with E-state index in [-0.39, 0.29) is 16.2 Å². The predicted molar refractivity (Wildman–Crippen MR) is 282 cm³/mol. The third kappa shape index (κ3) is 5.56. The van der Waals surface area contributed by atoms with Crippen molar-refractivity contribution in [2.45, 2.75) is 102 Å². The summed E-state index contributed by atoms with van der Waals surface area (Å²) < 4.78 is 0. The highest BCUT2D eigenvalue weighted by atomic mass is 28.3. The highest BCUT2D eigenvalue weighted by molar-refractivity contribution is 6.92. The summed E-state index contributed by atoms with van der Waals surface area (Å²) in [7, 11) is -1.98. The van der Waals surface area contributed by atoms with Crippen LogP contribution in [-0.4, -0.2) is 8.07 Å². The van der Waals surface area contributed by atoms with Gasteiger partial charge in [-0.05, 0) is 144 Å². The third-order valence-electron chi connectivity index (χ3n) is 18.4. The molecule has 6 aromatic rings. The molecule has 0 nitrogen and oxygen atoms in total. The SMILES string of the molecule is CC1(C)C2=CC(c3c4c(c(-c5ccc6c(c5)C(C)(C)c5ccccc5-6)c5ccccc35)CC3C(=C4)[Si](C)(C)C4=C3C=CC(C3C=CC(c5ccccc5)CC3)C4)=CCC2(C)c2ccccc21. The molecule has 6 aliphatic carbocycles. The molecule has 0 spiro atoms. The normalized spacial score (nSPS) is 26.6. The first-order valence-electron chi connectivity index (χ1n) is 25.1. The molecular formula is C65H62Si. The van der Waals surface area contributed by atoms with Crippen LogP contribution >= 0.6 is 0 Å². The van der Waals surface area contributed by atoms with E-state index in [0.29, 0.717) is 23.7 Å². The van der Waals surface area contributed by atoms with Crippen molar-refractivity contribution in [1.82, 2.24) is 0 Å². The fourth-order valence-electron chi connectivity index (χ4n) is 14.9. The van der Waals surface area contributed by atoms with Gasteiger partial charge < -0.3 is 0 Å². The van der Waals surface area contributed by atoms with Gasteiger partial charge >= 0.3 is 0 Å². The highest BCUT2D eigenvalue weighted by Gasteiger charge is 2.51. The van der Waals surface area contributed by atoms with Gasteiger partial charge in [0.2, 0.25) is 0 Å². The Labute approximate surface area is 394 Å². The topological polar surface area (TPSA) is 0 Å². The van der Waals surface area contributed by atoms with Crippen LogP contribution in [0, 0.1) is 17.8 Å². The van der Waals surface area contributed by atoms with Crippen LogP contribution in [0.5, 0.6) is 0 Å². The molecule has 5 atom stereocenters. The van der Waals surface area contributed by atoms with Gasteiger partial charge in [-0.3, -0.25) is 0 Å². The van der Waals surface area contributed by atoms with E-state index < -0.39 is 8.07 Å². The second-order valence-corrected chi connectivity index (χ2v) is 27.3. The monoisotopic (exact) mass is 870 g/mol. The van der Waals surface area contributed by atoms with Crippen molar-refractivity contribution < 1.29 is 0 Å². The fraction of sp³-hybridized carbons (Fsp3) is 0.292. The van der Waals surface area contributed by atoms with Crippen LogP contribution in [0.2, 0.25) is 13.1 Å². The summed E-state index contributed by atoms with van der Waals surface area (Å²) in [5.41, 5.74) is 21.9. The van der Waals surface area contributed by atoms with Gasteiger partial charge in [-0.1, -0.05) is 216 Å². The van der Waals surface area contributed by atoms with Gasteiger partial charge in [-0.25, -0.2) is 0 Å². The molecule has 0 amide bonds. The Morgan fingerprint density at radius 3 is 2.05 bits per heavy atom. The van der Waals surface area contributed by atoms with Crippen molar-refractivity contribution >= 4 is 30.5 Å². The lowest BCUT2D eigenvalue weighted by Gasteiger charge is -2.36. The Kier molecular flexibility index (Phi) is 8.67. The molecule has 0 saturated carbocycles. The summed E-state index contributed by atoms with van der Waals surface area (Å²) in [6.07, 6.45) is 24.3. The Morgan fingerprint density at radius 2 is 1.27 bits per heavy atom. The van der Waals surface area contributed by atoms with Crippen LogP contribution in [0.15, 0.2) is 179 Å². The van der Waals surface area contributed by atoms with E-state index >= 15 is 0 Å². The van der Waals surface area contributed by atoms with Crippen molar-refractivity contribution in [1.29, 1.82) is 0 Å². The summed E-state index contributed by atoms with van der Waals surface area (Å²) in [5, 5.41) is 6.35. The lowest BCUT2D eigenvalue weighted by atomic mass is 9.67. The van der Waals surface area contributed by atoms with Crippen LogP contribution in [0.25, 0.3) is 44.7 Å². The number of benzene rings is 6. The molecule has 5 unspecified atom stereocenters. The minimum absolute atomic E-state index is 0.0000564. The van der Waals surface area contributed by atoms with Crippen molar-refractivity contribution in [3.8, 4) is 22.3 Å². The quantitative estimate of drug-likeness (QED) is 0.122. The average Bonchev–Trinajstić information content (AvgIpc) is 3.79. The standard InChI is InChI=1S/C65H62Si/c1-63(2)54-22-14-13-19-46(54)47-31-30-44(35-57(47)63)61-49-20-11-12-21-50(49)62(45-33-34-65(5)56-24-16-15-23-55(56)64(3,4)60(65)37-45)53-39-59-51(38-52(53)61)48-32-29-43(36-58(48)66(59,6)7)42-27-25-41(26-28-42)40-17-9-8-10-18-40/h8-25,27,29-33,35,37,39,41-43,51H,26,28,34,36,38H2,1-7H3. The maximum Gasteiger partial charge on any atom is 0.104 e. The summed E-state index contributed by atoms with van der Waals surface area (Å²) >= 11 is 0. The highest BCUT2D eigenvalue weighted by Crippen LogP contribution is 2.60. The van der Waals surface area contributed by atoms with E-state index in [1.54, 1.807) is 21.9 Å². The Morgan fingerprint density at radius 1 is 0.576 bits per heavy atom. The number of fused-ring (bicyclic) bond motifs is 10. The number of rotatable bonds is 4. The van der Waals surface area contributed by atoms with Gasteiger partial charge in [-0.2, -0.15) is 0 Å². The van der Waals surface area contributed by atoms with E-state index in [1.807, 2.05) is 5.20 Å². The smallest absolute Gasteiger partial charge is 0.0842 e. The first kappa shape index (κ1) is 40.5. The van der Waals surface area contributed by atoms with Crippen LogP contribution in [-0.2, 0) is 22.7 Å². The molecule has 1 heteroatoms. The van der Waals surface area contributed by atoms with Crippen molar-refractivity contribution in [3.05, 3.63) is 224 Å². The molecule has 0 N–H and O–H groups in total. The van der Waals surface area contributed by atoms with Gasteiger partial charge in [0.05, 0.1) is 0 Å². The largest absolute Gasteiger partial charge is 0.104 e. The zero-order chi connectivity index (χ0) is 44.9. The molecule has 0 fully saturated rings. The Bertz CT molecular complexity index is 3280. The van der Waals surface area contributed by atoms with Crippen LogP contribution < -0.4 is 0 Å². The van der Waals surface area contributed by atoms with Crippen LogP contribution in [0.4, 0.5) is 0 Å². The molecule has 7 aliphatic rings. The van der Waals surface area contributed by atoms with Crippen molar-refractivity contribution in [3.63, 3.8) is 0 Å².